The van der Waals surface area contributed by atoms with Gasteiger partial charge in [-0.3, -0.25) is 9.59 Å². The molecule has 2 N–H and O–H groups in total. The third-order valence-corrected chi connectivity index (χ3v) is 6.47. The van der Waals surface area contributed by atoms with Crippen LogP contribution in [-0.4, -0.2) is 58.4 Å². The van der Waals surface area contributed by atoms with E-state index in [1.807, 2.05) is 0 Å². The molecule has 0 aliphatic carbocycles. The molecule has 0 radical (unpaired) electrons. The van der Waals surface area contributed by atoms with Gasteiger partial charge in [-0.2, -0.15) is 4.31 Å². The number of nitrogens with zero attached hydrogens (tertiary/aromatic N) is 3. The summed E-state index contributed by atoms with van der Waals surface area (Å²) in [7, 11) is -1.91. The molecular weight excluding hydrogens is 360 g/mol. The van der Waals surface area contributed by atoms with Crippen LogP contribution in [0.15, 0.2) is 11.2 Å². The number of aliphatic carboxylic acids is 1. The Morgan fingerprint density at radius 3 is 2.50 bits per heavy atom. The maximum Gasteiger partial charge on any atom is 0.303 e. The van der Waals surface area contributed by atoms with Crippen LogP contribution in [0.2, 0.25) is 0 Å². The number of hydrogen-bond donors (Lipinski definition) is 2. The van der Waals surface area contributed by atoms with Crippen LogP contribution < -0.4 is 5.32 Å². The summed E-state index contributed by atoms with van der Waals surface area (Å²) < 4.78 is 28.3. The van der Waals surface area contributed by atoms with E-state index in [4.69, 9.17) is 5.11 Å². The average molecular weight is 386 g/mol. The molecule has 1 aromatic rings. The van der Waals surface area contributed by atoms with Gasteiger partial charge in [0, 0.05) is 44.7 Å². The molecule has 0 spiro atoms. The zero-order valence-corrected chi connectivity index (χ0v) is 16.1. The fourth-order valence-electron chi connectivity index (χ4n) is 2.91. The van der Waals surface area contributed by atoms with E-state index >= 15 is 0 Å². The van der Waals surface area contributed by atoms with E-state index in [9.17, 15) is 18.0 Å². The van der Waals surface area contributed by atoms with E-state index in [0.29, 0.717) is 25.1 Å². The number of carbonyl (C=O) groups is 2. The first-order valence-corrected chi connectivity index (χ1v) is 10.1. The Morgan fingerprint density at radius 1 is 1.38 bits per heavy atom. The molecule has 1 amide bonds. The molecule has 9 nitrogen and oxygen atoms in total. The van der Waals surface area contributed by atoms with Gasteiger partial charge in [-0.25, -0.2) is 13.4 Å². The molecule has 1 aliphatic heterocycles. The molecule has 10 heteroatoms. The summed E-state index contributed by atoms with van der Waals surface area (Å²) in [5.74, 6) is -0.685. The fourth-order valence-corrected chi connectivity index (χ4v) is 4.41. The molecule has 0 aromatic carbocycles. The number of piperidine rings is 1. The van der Waals surface area contributed by atoms with Crippen molar-refractivity contribution in [2.24, 2.45) is 13.0 Å². The zero-order valence-electron chi connectivity index (χ0n) is 15.3. The third kappa shape index (κ3) is 4.82. The lowest BCUT2D eigenvalue weighted by Gasteiger charge is -2.30. The predicted molar refractivity (Wildman–Crippen MR) is 93.9 cm³/mol. The van der Waals surface area contributed by atoms with Gasteiger partial charge in [-0.15, -0.1) is 0 Å². The minimum atomic E-state index is -3.65. The molecule has 0 saturated carbocycles. The van der Waals surface area contributed by atoms with E-state index in [1.165, 1.54) is 10.5 Å². The molecule has 146 valence electrons. The van der Waals surface area contributed by atoms with E-state index in [-0.39, 0.29) is 42.4 Å². The molecule has 0 bridgehead atoms. The van der Waals surface area contributed by atoms with Crippen molar-refractivity contribution in [3.05, 3.63) is 12.0 Å². The van der Waals surface area contributed by atoms with Crippen LogP contribution in [0.5, 0.6) is 0 Å². The van der Waals surface area contributed by atoms with Crippen molar-refractivity contribution in [2.75, 3.05) is 13.1 Å². The lowest BCUT2D eigenvalue weighted by atomic mass is 9.96. The van der Waals surface area contributed by atoms with Crippen molar-refractivity contribution in [1.29, 1.82) is 0 Å². The van der Waals surface area contributed by atoms with Crippen LogP contribution in [-0.2, 0) is 26.7 Å². The van der Waals surface area contributed by atoms with Gasteiger partial charge < -0.3 is 15.0 Å². The van der Waals surface area contributed by atoms with Gasteiger partial charge in [0.1, 0.15) is 5.82 Å². The quantitative estimate of drug-likeness (QED) is 0.704. The predicted octanol–water partition coefficient (Wildman–Crippen LogP) is 0.499. The van der Waals surface area contributed by atoms with Crippen molar-refractivity contribution < 1.29 is 23.1 Å². The number of amides is 1. The molecule has 1 fully saturated rings. The van der Waals surface area contributed by atoms with Gasteiger partial charge in [0.05, 0.1) is 0 Å². The Bertz CT molecular complexity index is 746. The Labute approximate surface area is 153 Å². The van der Waals surface area contributed by atoms with E-state index in [0.717, 1.165) is 0 Å². The molecule has 1 saturated heterocycles. The standard InChI is InChI=1S/C16H26N4O5S/c1-11(4-5-15(21)22)17-16(23)13-6-8-20(9-7-13)26(24,25)14-10-19(3)12(2)18-14/h10-11,13H,4-9H2,1-3H3,(H,17,23)(H,21,22). The summed E-state index contributed by atoms with van der Waals surface area (Å²) in [6.07, 6.45) is 2.73. The molecule has 2 rings (SSSR count). The molecular formula is C16H26N4O5S. The smallest absolute Gasteiger partial charge is 0.303 e. The van der Waals surface area contributed by atoms with E-state index in [1.54, 1.807) is 25.5 Å². The van der Waals surface area contributed by atoms with Crippen LogP contribution in [0.1, 0.15) is 38.4 Å². The van der Waals surface area contributed by atoms with Crippen molar-refractivity contribution in [2.45, 2.75) is 50.6 Å². The second-order valence-corrected chi connectivity index (χ2v) is 8.64. The molecule has 1 atom stereocenters. The van der Waals surface area contributed by atoms with Gasteiger partial charge in [0.25, 0.3) is 10.0 Å². The second kappa shape index (κ2) is 8.17. The minimum absolute atomic E-state index is 0.00161. The second-order valence-electron chi connectivity index (χ2n) is 6.76. The van der Waals surface area contributed by atoms with Crippen LogP contribution in [0.25, 0.3) is 0 Å². The van der Waals surface area contributed by atoms with Crippen molar-refractivity contribution >= 4 is 21.9 Å². The zero-order chi connectivity index (χ0) is 19.5. The lowest BCUT2D eigenvalue weighted by molar-refractivity contribution is -0.137. The lowest BCUT2D eigenvalue weighted by Crippen LogP contribution is -2.44. The van der Waals surface area contributed by atoms with Gasteiger partial charge in [0.2, 0.25) is 5.91 Å². The van der Waals surface area contributed by atoms with Crippen molar-refractivity contribution in [3.63, 3.8) is 0 Å². The number of carbonyl (C=O) groups excluding carboxylic acids is 1. The minimum Gasteiger partial charge on any atom is -0.481 e. The van der Waals surface area contributed by atoms with Crippen LogP contribution in [0.4, 0.5) is 0 Å². The number of nitrogens with one attached hydrogen (secondary N) is 1. The topological polar surface area (TPSA) is 122 Å². The maximum atomic E-state index is 12.7. The van der Waals surface area contributed by atoms with Gasteiger partial charge in [-0.05, 0) is 33.1 Å². The fraction of sp³-hybridized carbons (Fsp3) is 0.688. The summed E-state index contributed by atoms with van der Waals surface area (Å²) in [6, 6.07) is -0.225. The first-order valence-electron chi connectivity index (χ1n) is 8.63. The first kappa shape index (κ1) is 20.4. The number of rotatable bonds is 7. The summed E-state index contributed by atoms with van der Waals surface area (Å²) in [6.45, 7) is 4.03. The Kier molecular flexibility index (Phi) is 6.40. The third-order valence-electron chi connectivity index (χ3n) is 4.70. The normalized spacial score (nSPS) is 17.8. The molecule has 1 unspecified atom stereocenters. The number of sulfonamides is 1. The largest absolute Gasteiger partial charge is 0.481 e. The highest BCUT2D eigenvalue weighted by Crippen LogP contribution is 2.23. The van der Waals surface area contributed by atoms with Gasteiger partial charge >= 0.3 is 5.97 Å². The Hall–Kier alpha value is -1.94. The van der Waals surface area contributed by atoms with Crippen LogP contribution >= 0.6 is 0 Å². The van der Waals surface area contributed by atoms with Crippen LogP contribution in [0.3, 0.4) is 0 Å². The highest BCUT2D eigenvalue weighted by Gasteiger charge is 2.33. The molecule has 1 aliphatic rings. The van der Waals surface area contributed by atoms with Gasteiger partial charge in [-0.1, -0.05) is 0 Å². The monoisotopic (exact) mass is 386 g/mol. The Balaban J connectivity index is 1.90. The van der Waals surface area contributed by atoms with Crippen LogP contribution in [0, 0.1) is 12.8 Å². The summed E-state index contributed by atoms with van der Waals surface area (Å²) in [5, 5.41) is 11.5. The number of carboxylic acids is 1. The van der Waals surface area contributed by atoms with Crippen molar-refractivity contribution in [3.8, 4) is 0 Å². The number of aryl methyl sites for hydroxylation is 2. The molecule has 2 heterocycles. The average Bonchev–Trinajstić information content (AvgIpc) is 2.93. The molecule has 1 aromatic heterocycles. The Morgan fingerprint density at radius 2 is 2.00 bits per heavy atom. The van der Waals surface area contributed by atoms with Gasteiger partial charge in [0.15, 0.2) is 5.03 Å². The summed E-state index contributed by atoms with van der Waals surface area (Å²) in [4.78, 5) is 27.0. The summed E-state index contributed by atoms with van der Waals surface area (Å²) >= 11 is 0. The van der Waals surface area contributed by atoms with E-state index in [2.05, 4.69) is 10.3 Å². The number of hydrogen-bond acceptors (Lipinski definition) is 5. The number of imidazole rings is 1. The van der Waals surface area contributed by atoms with Crippen molar-refractivity contribution in [1.82, 2.24) is 19.2 Å². The highest BCUT2D eigenvalue weighted by molar-refractivity contribution is 7.89. The maximum absolute atomic E-state index is 12.7. The highest BCUT2D eigenvalue weighted by atomic mass is 32.2. The summed E-state index contributed by atoms with van der Waals surface area (Å²) in [5.41, 5.74) is 0. The number of carboxylic acid groups (broad SMARTS) is 1. The number of aromatic nitrogens is 2. The SMILES string of the molecule is Cc1nc(S(=O)(=O)N2CCC(C(=O)NC(C)CCC(=O)O)CC2)cn1C. The first-order chi connectivity index (χ1) is 12.1. The molecule has 26 heavy (non-hydrogen) atoms. The van der Waals surface area contributed by atoms with E-state index < -0.39 is 16.0 Å².